The van der Waals surface area contributed by atoms with Crippen LogP contribution in [0.4, 0.5) is 5.69 Å². The molecule has 1 fully saturated rings. The largest absolute Gasteiger partial charge is 0.351 e. The molecule has 0 radical (unpaired) electrons. The molecule has 1 saturated heterocycles. The summed E-state index contributed by atoms with van der Waals surface area (Å²) in [4.78, 5) is 36.3. The summed E-state index contributed by atoms with van der Waals surface area (Å²) in [6.07, 6.45) is 4.12. The Morgan fingerprint density at radius 2 is 1.69 bits per heavy atom. The summed E-state index contributed by atoms with van der Waals surface area (Å²) in [7, 11) is 0. The lowest BCUT2D eigenvalue weighted by atomic mass is 10.1. The van der Waals surface area contributed by atoms with E-state index in [2.05, 4.69) is 25.5 Å². The van der Waals surface area contributed by atoms with E-state index in [-0.39, 0.29) is 17.5 Å². The first-order valence-electron chi connectivity index (χ1n) is 10.9. The minimum Gasteiger partial charge on any atom is -0.351 e. The van der Waals surface area contributed by atoms with E-state index < -0.39 is 0 Å². The third-order valence-corrected chi connectivity index (χ3v) is 5.56. The maximum Gasteiger partial charge on any atom is 0.276 e. The number of para-hydroxylation sites is 1. The smallest absolute Gasteiger partial charge is 0.276 e. The number of nitrogens with zero attached hydrogens (tertiary/aromatic N) is 3. The molecule has 2 heterocycles. The number of hydrogen-bond acceptors (Lipinski definition) is 5. The van der Waals surface area contributed by atoms with Gasteiger partial charge in [-0.2, -0.15) is 0 Å². The summed E-state index contributed by atoms with van der Waals surface area (Å²) < 4.78 is 0. The van der Waals surface area contributed by atoms with E-state index >= 15 is 0 Å². The van der Waals surface area contributed by atoms with Gasteiger partial charge in [-0.3, -0.25) is 14.6 Å². The van der Waals surface area contributed by atoms with Gasteiger partial charge in [-0.15, -0.1) is 0 Å². The predicted molar refractivity (Wildman–Crippen MR) is 125 cm³/mol. The number of benzene rings is 2. The third kappa shape index (κ3) is 5.36. The number of amides is 2. The van der Waals surface area contributed by atoms with Crippen molar-refractivity contribution in [3.8, 4) is 11.3 Å². The van der Waals surface area contributed by atoms with Crippen LogP contribution in [0.2, 0.25) is 0 Å². The topological polar surface area (TPSA) is 87.2 Å². The van der Waals surface area contributed by atoms with Crippen LogP contribution in [-0.2, 0) is 0 Å². The fraction of sp³-hybridized carbons (Fsp3) is 0.280. The Morgan fingerprint density at radius 1 is 0.969 bits per heavy atom. The van der Waals surface area contributed by atoms with Gasteiger partial charge in [0.1, 0.15) is 5.69 Å². The fourth-order valence-corrected chi connectivity index (χ4v) is 3.74. The van der Waals surface area contributed by atoms with E-state index in [1.807, 2.05) is 42.5 Å². The maximum absolute atomic E-state index is 12.7. The highest BCUT2D eigenvalue weighted by molar-refractivity contribution is 6.03. The number of carbonyl (C=O) groups excluding carboxylic acids is 2. The number of nitrogens with one attached hydrogen (secondary N) is 2. The minimum absolute atomic E-state index is 0.0892. The van der Waals surface area contributed by atoms with Crippen molar-refractivity contribution in [3.63, 3.8) is 0 Å². The summed E-state index contributed by atoms with van der Waals surface area (Å²) in [5.74, 6) is -0.397. The van der Waals surface area contributed by atoms with Gasteiger partial charge in [0.2, 0.25) is 0 Å². The highest BCUT2D eigenvalue weighted by atomic mass is 16.2. The zero-order valence-electron chi connectivity index (χ0n) is 18.2. The van der Waals surface area contributed by atoms with Crippen LogP contribution in [0, 0.1) is 6.92 Å². The quantitative estimate of drug-likeness (QED) is 0.600. The molecule has 1 aliphatic rings. The van der Waals surface area contributed by atoms with E-state index in [1.54, 1.807) is 25.3 Å². The van der Waals surface area contributed by atoms with Crippen LogP contribution in [0.3, 0.4) is 0 Å². The highest BCUT2D eigenvalue weighted by Gasteiger charge is 2.15. The van der Waals surface area contributed by atoms with Crippen molar-refractivity contribution in [2.75, 3.05) is 31.5 Å². The van der Waals surface area contributed by atoms with Gasteiger partial charge >= 0.3 is 0 Å². The number of aryl methyl sites for hydroxylation is 1. The van der Waals surface area contributed by atoms with E-state index in [0.717, 1.165) is 25.2 Å². The van der Waals surface area contributed by atoms with Crippen LogP contribution in [0.1, 0.15) is 39.4 Å². The molecule has 0 bridgehead atoms. The number of likely N-dealkylation sites (tertiary alicyclic amines) is 1. The monoisotopic (exact) mass is 429 g/mol. The molecular weight excluding hydrogens is 402 g/mol. The van der Waals surface area contributed by atoms with Crippen LogP contribution in [0.15, 0.2) is 60.8 Å². The Kier molecular flexibility index (Phi) is 6.87. The van der Waals surface area contributed by atoms with E-state index in [4.69, 9.17) is 0 Å². The molecule has 2 amide bonds. The molecule has 0 atom stereocenters. The first kappa shape index (κ1) is 21.6. The van der Waals surface area contributed by atoms with Crippen molar-refractivity contribution in [2.45, 2.75) is 19.8 Å². The van der Waals surface area contributed by atoms with E-state index in [0.29, 0.717) is 29.2 Å². The molecule has 0 saturated carbocycles. The normalized spacial score (nSPS) is 13.7. The van der Waals surface area contributed by atoms with Gasteiger partial charge in [0.25, 0.3) is 11.8 Å². The molecular formula is C25H27N5O2. The molecule has 1 aromatic heterocycles. The Morgan fingerprint density at radius 3 is 2.41 bits per heavy atom. The number of anilines is 1. The Labute approximate surface area is 187 Å². The van der Waals surface area contributed by atoms with Gasteiger partial charge in [-0.1, -0.05) is 30.3 Å². The highest BCUT2D eigenvalue weighted by Crippen LogP contribution is 2.19. The number of rotatable bonds is 7. The van der Waals surface area contributed by atoms with Crippen molar-refractivity contribution in [2.24, 2.45) is 0 Å². The molecule has 7 heteroatoms. The van der Waals surface area contributed by atoms with Crippen molar-refractivity contribution in [1.29, 1.82) is 0 Å². The van der Waals surface area contributed by atoms with Gasteiger partial charge in [0, 0.05) is 29.9 Å². The number of carbonyl (C=O) groups is 2. The number of hydrogen-bond donors (Lipinski definition) is 2. The first-order chi connectivity index (χ1) is 15.6. The minimum atomic E-state index is -0.308. The van der Waals surface area contributed by atoms with Crippen molar-refractivity contribution < 1.29 is 9.59 Å². The van der Waals surface area contributed by atoms with Gasteiger partial charge in [-0.25, -0.2) is 4.98 Å². The van der Waals surface area contributed by atoms with Gasteiger partial charge in [0.15, 0.2) is 0 Å². The SMILES string of the molecule is Cc1ncc(-c2ccc(C(=O)NCCN3CCCC3)cc2)nc1C(=O)Nc1ccccc1. The average Bonchev–Trinajstić information content (AvgIpc) is 3.33. The van der Waals surface area contributed by atoms with E-state index in [1.165, 1.54) is 12.8 Å². The molecule has 4 rings (SSSR count). The molecule has 1 aliphatic heterocycles. The van der Waals surface area contributed by atoms with Crippen molar-refractivity contribution in [1.82, 2.24) is 20.2 Å². The second kappa shape index (κ2) is 10.2. The standard InChI is InChI=1S/C25H27N5O2/c1-18-23(25(32)28-21-7-3-2-4-8-21)29-22(17-27-18)19-9-11-20(12-10-19)24(31)26-13-16-30-14-5-6-15-30/h2-4,7-12,17H,5-6,13-16H2,1H3,(H,26,31)(H,28,32). The molecule has 0 spiro atoms. The summed E-state index contributed by atoms with van der Waals surface area (Å²) in [5.41, 5.74) is 3.49. The number of aromatic nitrogens is 2. The van der Waals surface area contributed by atoms with Gasteiger partial charge in [0.05, 0.1) is 17.6 Å². The van der Waals surface area contributed by atoms with Crippen LogP contribution in [0.25, 0.3) is 11.3 Å². The lowest BCUT2D eigenvalue weighted by molar-refractivity contribution is 0.0949. The summed E-state index contributed by atoms with van der Waals surface area (Å²) in [5, 5.41) is 5.82. The van der Waals surface area contributed by atoms with Crippen LogP contribution < -0.4 is 10.6 Å². The lowest BCUT2D eigenvalue weighted by Crippen LogP contribution is -2.33. The maximum atomic E-state index is 12.7. The molecule has 32 heavy (non-hydrogen) atoms. The van der Waals surface area contributed by atoms with Gasteiger partial charge < -0.3 is 15.5 Å². The molecule has 164 valence electrons. The zero-order valence-corrected chi connectivity index (χ0v) is 18.2. The molecule has 2 aromatic carbocycles. The summed E-state index contributed by atoms with van der Waals surface area (Å²) >= 11 is 0. The predicted octanol–water partition coefficient (Wildman–Crippen LogP) is 3.53. The van der Waals surface area contributed by atoms with Crippen LogP contribution >= 0.6 is 0 Å². The molecule has 7 nitrogen and oxygen atoms in total. The first-order valence-corrected chi connectivity index (χ1v) is 10.9. The Hall–Kier alpha value is -3.58. The van der Waals surface area contributed by atoms with Crippen LogP contribution in [-0.4, -0.2) is 52.9 Å². The molecule has 2 N–H and O–H groups in total. The molecule has 0 unspecified atom stereocenters. The van der Waals surface area contributed by atoms with Crippen LogP contribution in [0.5, 0.6) is 0 Å². The third-order valence-electron chi connectivity index (χ3n) is 5.56. The van der Waals surface area contributed by atoms with Crippen molar-refractivity contribution in [3.05, 3.63) is 77.7 Å². The second-order valence-corrected chi connectivity index (χ2v) is 7.89. The lowest BCUT2D eigenvalue weighted by Gasteiger charge is -2.14. The zero-order chi connectivity index (χ0) is 22.3. The summed E-state index contributed by atoms with van der Waals surface area (Å²) in [6.45, 7) is 5.52. The second-order valence-electron chi connectivity index (χ2n) is 7.89. The van der Waals surface area contributed by atoms with E-state index in [9.17, 15) is 9.59 Å². The molecule has 3 aromatic rings. The fourth-order valence-electron chi connectivity index (χ4n) is 3.74. The van der Waals surface area contributed by atoms with Crippen molar-refractivity contribution >= 4 is 17.5 Å². The Bertz CT molecular complexity index is 1080. The van der Waals surface area contributed by atoms with Gasteiger partial charge in [-0.05, 0) is 57.1 Å². The molecule has 0 aliphatic carbocycles. The summed E-state index contributed by atoms with van der Waals surface area (Å²) in [6, 6.07) is 16.4. The average molecular weight is 430 g/mol. The Balaban J connectivity index is 1.41.